The van der Waals surface area contributed by atoms with Crippen molar-refractivity contribution in [2.45, 2.75) is 25.3 Å². The first-order valence-electron chi connectivity index (χ1n) is 6.89. The van der Waals surface area contributed by atoms with Crippen molar-refractivity contribution in [3.63, 3.8) is 0 Å². The highest BCUT2D eigenvalue weighted by Crippen LogP contribution is 2.65. The van der Waals surface area contributed by atoms with Gasteiger partial charge in [-0.15, -0.1) is 12.4 Å². The van der Waals surface area contributed by atoms with Crippen LogP contribution in [0.2, 0.25) is 10.0 Å². The fourth-order valence-electron chi connectivity index (χ4n) is 3.93. The number of hydrogen-bond donors (Lipinski definition) is 1. The average molecular weight is 337 g/mol. The van der Waals surface area contributed by atoms with Gasteiger partial charge in [0.1, 0.15) is 0 Å². The zero-order valence-electron chi connectivity index (χ0n) is 11.7. The fraction of sp³-hybridized carbons (Fsp3) is 0.600. The Hall–Kier alpha value is 0.01000. The van der Waals surface area contributed by atoms with E-state index in [4.69, 9.17) is 27.9 Å². The third-order valence-corrected chi connectivity index (χ3v) is 5.62. The van der Waals surface area contributed by atoms with Crippen molar-refractivity contribution in [2.75, 3.05) is 19.8 Å². The molecule has 2 fully saturated rings. The van der Waals surface area contributed by atoms with E-state index in [2.05, 4.69) is 18.3 Å². The summed E-state index contributed by atoms with van der Waals surface area (Å²) in [7, 11) is 0. The highest BCUT2D eigenvalue weighted by atomic mass is 35.5. The summed E-state index contributed by atoms with van der Waals surface area (Å²) in [5, 5.41) is 4.84. The Labute approximate surface area is 136 Å². The van der Waals surface area contributed by atoms with E-state index in [1.807, 2.05) is 19.1 Å². The second-order valence-corrected chi connectivity index (χ2v) is 6.38. The number of hydrogen-bond acceptors (Lipinski definition) is 2. The van der Waals surface area contributed by atoms with Crippen molar-refractivity contribution in [2.24, 2.45) is 11.8 Å². The minimum absolute atomic E-state index is 0. The van der Waals surface area contributed by atoms with Crippen LogP contribution >= 0.6 is 35.6 Å². The molecule has 2 nitrogen and oxygen atoms in total. The summed E-state index contributed by atoms with van der Waals surface area (Å²) in [4.78, 5) is 0. The fourth-order valence-corrected chi connectivity index (χ4v) is 4.23. The largest absolute Gasteiger partial charge is 0.381 e. The van der Waals surface area contributed by atoms with Gasteiger partial charge in [0.05, 0.1) is 16.7 Å². The Bertz CT molecular complexity index is 496. The third kappa shape index (κ3) is 2.26. The van der Waals surface area contributed by atoms with Crippen LogP contribution < -0.4 is 5.32 Å². The van der Waals surface area contributed by atoms with Gasteiger partial charge < -0.3 is 10.1 Å². The Morgan fingerprint density at radius 1 is 1.35 bits per heavy atom. The zero-order chi connectivity index (χ0) is 13.6. The van der Waals surface area contributed by atoms with Gasteiger partial charge in [0.2, 0.25) is 0 Å². The van der Waals surface area contributed by atoms with Gasteiger partial charge in [-0.1, -0.05) is 29.3 Å². The van der Waals surface area contributed by atoms with Crippen molar-refractivity contribution in [1.29, 1.82) is 0 Å². The minimum Gasteiger partial charge on any atom is -0.381 e. The lowest BCUT2D eigenvalue weighted by molar-refractivity contribution is 0.124. The molecule has 0 amide bonds. The Balaban J connectivity index is 0.00000147. The quantitative estimate of drug-likeness (QED) is 0.899. The summed E-state index contributed by atoms with van der Waals surface area (Å²) in [5.74, 6) is 1.26. The first-order chi connectivity index (χ1) is 9.12. The maximum Gasteiger partial charge on any atom is 0.0595 e. The van der Waals surface area contributed by atoms with Crippen LogP contribution in [0.3, 0.4) is 0 Å². The molecule has 0 radical (unpaired) electrons. The lowest BCUT2D eigenvalue weighted by atomic mass is 9.87. The summed E-state index contributed by atoms with van der Waals surface area (Å²) in [5.41, 5.74) is 1.48. The number of benzene rings is 1. The number of fused-ring (bicyclic) bond motifs is 1. The van der Waals surface area contributed by atoms with Crippen molar-refractivity contribution in [3.05, 3.63) is 33.8 Å². The second kappa shape index (κ2) is 6.02. The monoisotopic (exact) mass is 335 g/mol. The lowest BCUT2D eigenvalue weighted by Crippen LogP contribution is -2.35. The standard InChI is InChI=1S/C15H19Cl2NO.ClH/c1-3-19-8-12-11-7-18-9(2)15(11,12)10-4-5-13(16)14(17)6-10;/h4-6,9,11-12,18H,3,7-8H2,1-2H3;1H/t9-,11+,12+,15-;/m0./s1. The molecule has 4 atom stereocenters. The lowest BCUT2D eigenvalue weighted by Gasteiger charge is -2.23. The molecule has 3 rings (SSSR count). The van der Waals surface area contributed by atoms with E-state index in [9.17, 15) is 0 Å². The van der Waals surface area contributed by atoms with Crippen LogP contribution in [0.5, 0.6) is 0 Å². The second-order valence-electron chi connectivity index (χ2n) is 5.56. The van der Waals surface area contributed by atoms with Gasteiger partial charge in [-0.05, 0) is 49.9 Å². The summed E-state index contributed by atoms with van der Waals surface area (Å²) in [6.45, 7) is 7.00. The molecule has 5 heteroatoms. The summed E-state index contributed by atoms with van der Waals surface area (Å²) >= 11 is 12.2. The molecule has 0 bridgehead atoms. The molecule has 1 saturated heterocycles. The predicted molar refractivity (Wildman–Crippen MR) is 86.3 cm³/mol. The Morgan fingerprint density at radius 3 is 2.75 bits per heavy atom. The topological polar surface area (TPSA) is 21.3 Å². The average Bonchev–Trinajstić information content (AvgIpc) is 2.92. The number of nitrogens with one attached hydrogen (secondary N) is 1. The molecule has 1 saturated carbocycles. The molecule has 1 heterocycles. The normalized spacial score (nSPS) is 34.5. The Morgan fingerprint density at radius 2 is 2.10 bits per heavy atom. The maximum atomic E-state index is 6.19. The van der Waals surface area contributed by atoms with Crippen LogP contribution in [0.1, 0.15) is 19.4 Å². The number of piperidine rings is 1. The smallest absolute Gasteiger partial charge is 0.0595 e. The number of halogens is 3. The number of ether oxygens (including phenoxy) is 1. The van der Waals surface area contributed by atoms with Crippen LogP contribution in [0.15, 0.2) is 18.2 Å². The highest BCUT2D eigenvalue weighted by Gasteiger charge is 2.70. The molecular formula is C15H20Cl3NO. The third-order valence-electron chi connectivity index (χ3n) is 4.89. The van der Waals surface area contributed by atoms with E-state index < -0.39 is 0 Å². The van der Waals surface area contributed by atoms with Gasteiger partial charge in [-0.25, -0.2) is 0 Å². The van der Waals surface area contributed by atoms with E-state index in [0.717, 1.165) is 19.8 Å². The van der Waals surface area contributed by atoms with E-state index in [0.29, 0.717) is 27.9 Å². The van der Waals surface area contributed by atoms with Crippen LogP contribution in [0.25, 0.3) is 0 Å². The molecule has 1 aromatic carbocycles. The molecule has 1 N–H and O–H groups in total. The Kier molecular flexibility index (Phi) is 4.93. The van der Waals surface area contributed by atoms with Crippen LogP contribution in [0.4, 0.5) is 0 Å². The van der Waals surface area contributed by atoms with Gasteiger partial charge in [0.25, 0.3) is 0 Å². The van der Waals surface area contributed by atoms with Gasteiger partial charge in [0.15, 0.2) is 0 Å². The first-order valence-corrected chi connectivity index (χ1v) is 7.64. The summed E-state index contributed by atoms with van der Waals surface area (Å²) < 4.78 is 5.66. The molecule has 112 valence electrons. The highest BCUT2D eigenvalue weighted by molar-refractivity contribution is 6.42. The van der Waals surface area contributed by atoms with E-state index in [1.165, 1.54) is 5.56 Å². The molecule has 2 aliphatic rings. The molecule has 0 spiro atoms. The van der Waals surface area contributed by atoms with Gasteiger partial charge in [-0.2, -0.15) is 0 Å². The maximum absolute atomic E-state index is 6.19. The minimum atomic E-state index is 0. The summed E-state index contributed by atoms with van der Waals surface area (Å²) in [6, 6.07) is 6.52. The van der Waals surface area contributed by atoms with E-state index in [-0.39, 0.29) is 17.8 Å². The van der Waals surface area contributed by atoms with Gasteiger partial charge in [0, 0.05) is 18.1 Å². The predicted octanol–water partition coefficient (Wildman–Crippen LogP) is 3.93. The van der Waals surface area contributed by atoms with Crippen molar-refractivity contribution < 1.29 is 4.74 Å². The molecule has 0 unspecified atom stereocenters. The molecular weight excluding hydrogens is 317 g/mol. The molecule has 1 aromatic rings. The molecule has 20 heavy (non-hydrogen) atoms. The van der Waals surface area contributed by atoms with Crippen LogP contribution in [0, 0.1) is 11.8 Å². The zero-order valence-corrected chi connectivity index (χ0v) is 14.0. The molecule has 1 aliphatic heterocycles. The van der Waals surface area contributed by atoms with E-state index in [1.54, 1.807) is 0 Å². The van der Waals surface area contributed by atoms with Crippen molar-refractivity contribution >= 4 is 35.6 Å². The van der Waals surface area contributed by atoms with Crippen molar-refractivity contribution in [1.82, 2.24) is 5.32 Å². The van der Waals surface area contributed by atoms with Gasteiger partial charge in [-0.3, -0.25) is 0 Å². The number of rotatable bonds is 4. The van der Waals surface area contributed by atoms with Gasteiger partial charge >= 0.3 is 0 Å². The SMILES string of the molecule is CCOC[C@@H]1[C@H]2CN[C@@H](C)[C@]21c1ccc(Cl)c(Cl)c1.Cl. The van der Waals surface area contributed by atoms with Crippen molar-refractivity contribution in [3.8, 4) is 0 Å². The first kappa shape index (κ1) is 16.4. The van der Waals surface area contributed by atoms with Crippen LogP contribution in [-0.4, -0.2) is 25.8 Å². The molecule has 0 aromatic heterocycles. The summed E-state index contributed by atoms with van der Waals surface area (Å²) in [6.07, 6.45) is 0. The van der Waals surface area contributed by atoms with Crippen LogP contribution in [-0.2, 0) is 10.2 Å². The van der Waals surface area contributed by atoms with E-state index >= 15 is 0 Å². The molecule has 1 aliphatic carbocycles.